The van der Waals surface area contributed by atoms with Gasteiger partial charge in [0.2, 0.25) is 5.91 Å². The minimum Gasteiger partial charge on any atom is -0.325 e. The molecule has 0 atom stereocenters. The monoisotopic (exact) mass is 335 g/mol. The third-order valence-corrected chi connectivity index (χ3v) is 3.95. The van der Waals surface area contributed by atoms with E-state index in [1.165, 1.54) is 5.56 Å². The summed E-state index contributed by atoms with van der Waals surface area (Å²) in [4.78, 5) is 11.8. The standard InChI is InChI=1S/C15H14BrNOS/c16-13-7-4-8-14(9-13)17-15(18)11-19-10-12-5-2-1-3-6-12/h1-9H,10-11H2,(H,17,18). The van der Waals surface area contributed by atoms with Gasteiger partial charge in [-0.25, -0.2) is 0 Å². The van der Waals surface area contributed by atoms with E-state index < -0.39 is 0 Å². The van der Waals surface area contributed by atoms with E-state index in [0.717, 1.165) is 15.9 Å². The molecule has 0 aromatic heterocycles. The van der Waals surface area contributed by atoms with Crippen LogP contribution in [0.1, 0.15) is 5.56 Å². The molecule has 0 unspecified atom stereocenters. The van der Waals surface area contributed by atoms with Crippen LogP contribution in [0.4, 0.5) is 5.69 Å². The smallest absolute Gasteiger partial charge is 0.234 e. The van der Waals surface area contributed by atoms with Crippen molar-refractivity contribution in [1.29, 1.82) is 0 Å². The molecule has 98 valence electrons. The van der Waals surface area contributed by atoms with E-state index in [4.69, 9.17) is 0 Å². The molecule has 0 radical (unpaired) electrons. The molecule has 4 heteroatoms. The summed E-state index contributed by atoms with van der Waals surface area (Å²) in [5, 5.41) is 2.88. The molecule has 2 aromatic carbocycles. The van der Waals surface area contributed by atoms with Crippen molar-refractivity contribution in [3.8, 4) is 0 Å². The lowest BCUT2D eigenvalue weighted by Gasteiger charge is -2.05. The van der Waals surface area contributed by atoms with Crippen molar-refractivity contribution in [2.75, 3.05) is 11.1 Å². The predicted molar refractivity (Wildman–Crippen MR) is 85.4 cm³/mol. The Balaban J connectivity index is 1.76. The zero-order valence-electron chi connectivity index (χ0n) is 10.3. The fourth-order valence-corrected chi connectivity index (χ4v) is 2.79. The summed E-state index contributed by atoms with van der Waals surface area (Å²) >= 11 is 4.99. The quantitative estimate of drug-likeness (QED) is 0.881. The van der Waals surface area contributed by atoms with Gasteiger partial charge in [0.15, 0.2) is 0 Å². The van der Waals surface area contributed by atoms with Crippen molar-refractivity contribution in [3.05, 3.63) is 64.6 Å². The van der Waals surface area contributed by atoms with Gasteiger partial charge in [0, 0.05) is 15.9 Å². The van der Waals surface area contributed by atoms with Crippen molar-refractivity contribution < 1.29 is 4.79 Å². The molecule has 0 aliphatic rings. The Hall–Kier alpha value is -1.26. The minimum absolute atomic E-state index is 0.0269. The highest BCUT2D eigenvalue weighted by Crippen LogP contribution is 2.16. The molecule has 19 heavy (non-hydrogen) atoms. The van der Waals surface area contributed by atoms with Crippen molar-refractivity contribution in [1.82, 2.24) is 0 Å². The maximum absolute atomic E-state index is 11.8. The summed E-state index contributed by atoms with van der Waals surface area (Å²) < 4.78 is 0.960. The summed E-state index contributed by atoms with van der Waals surface area (Å²) in [6.07, 6.45) is 0. The molecule has 0 fully saturated rings. The first-order valence-corrected chi connectivity index (χ1v) is 7.86. The van der Waals surface area contributed by atoms with E-state index in [9.17, 15) is 4.79 Å². The molecular formula is C15H14BrNOS. The lowest BCUT2D eigenvalue weighted by Crippen LogP contribution is -2.14. The van der Waals surface area contributed by atoms with Crippen LogP contribution < -0.4 is 5.32 Å². The number of rotatable bonds is 5. The van der Waals surface area contributed by atoms with Gasteiger partial charge in [-0.3, -0.25) is 4.79 Å². The third-order valence-electron chi connectivity index (χ3n) is 2.45. The Kier molecular flexibility index (Phi) is 5.48. The van der Waals surface area contributed by atoms with Crippen LogP contribution in [0.3, 0.4) is 0 Å². The number of carbonyl (C=O) groups excluding carboxylic acids is 1. The van der Waals surface area contributed by atoms with E-state index in [2.05, 4.69) is 33.4 Å². The zero-order valence-corrected chi connectivity index (χ0v) is 12.7. The first kappa shape index (κ1) is 14.2. The molecule has 2 aromatic rings. The summed E-state index contributed by atoms with van der Waals surface area (Å²) in [7, 11) is 0. The van der Waals surface area contributed by atoms with Crippen LogP contribution in [0.5, 0.6) is 0 Å². The van der Waals surface area contributed by atoms with Crippen molar-refractivity contribution in [2.45, 2.75) is 5.75 Å². The molecule has 0 aliphatic carbocycles. The molecule has 2 rings (SSSR count). The van der Waals surface area contributed by atoms with Gasteiger partial charge in [0.25, 0.3) is 0 Å². The van der Waals surface area contributed by atoms with Crippen LogP contribution in [0.2, 0.25) is 0 Å². The van der Waals surface area contributed by atoms with Gasteiger partial charge in [-0.1, -0.05) is 52.3 Å². The number of amides is 1. The first-order chi connectivity index (χ1) is 9.24. The SMILES string of the molecule is O=C(CSCc1ccccc1)Nc1cccc(Br)c1. The highest BCUT2D eigenvalue weighted by molar-refractivity contribution is 9.10. The molecule has 1 N–H and O–H groups in total. The maximum atomic E-state index is 11.8. The normalized spacial score (nSPS) is 10.2. The largest absolute Gasteiger partial charge is 0.325 e. The molecule has 0 bridgehead atoms. The summed E-state index contributed by atoms with van der Waals surface area (Å²) in [6.45, 7) is 0. The molecule has 0 saturated heterocycles. The number of benzene rings is 2. The topological polar surface area (TPSA) is 29.1 Å². The number of anilines is 1. The zero-order chi connectivity index (χ0) is 13.5. The van der Waals surface area contributed by atoms with Gasteiger partial charge in [0.05, 0.1) is 5.75 Å². The first-order valence-electron chi connectivity index (χ1n) is 5.91. The predicted octanol–water partition coefficient (Wildman–Crippen LogP) is 4.32. The van der Waals surface area contributed by atoms with Gasteiger partial charge in [0.1, 0.15) is 0 Å². The Morgan fingerprint density at radius 2 is 1.89 bits per heavy atom. The highest BCUT2D eigenvalue weighted by Gasteiger charge is 2.03. The highest BCUT2D eigenvalue weighted by atomic mass is 79.9. The summed E-state index contributed by atoms with van der Waals surface area (Å²) in [6, 6.07) is 17.8. The molecule has 0 saturated carbocycles. The Labute approximate surface area is 125 Å². The Morgan fingerprint density at radius 1 is 1.11 bits per heavy atom. The maximum Gasteiger partial charge on any atom is 0.234 e. The average Bonchev–Trinajstić information content (AvgIpc) is 2.40. The van der Waals surface area contributed by atoms with Gasteiger partial charge in [-0.05, 0) is 23.8 Å². The van der Waals surface area contributed by atoms with Gasteiger partial charge in [-0.15, -0.1) is 11.8 Å². The number of nitrogens with one attached hydrogen (secondary N) is 1. The number of thioether (sulfide) groups is 1. The number of halogens is 1. The number of hydrogen-bond donors (Lipinski definition) is 1. The van der Waals surface area contributed by atoms with E-state index in [0.29, 0.717) is 5.75 Å². The molecule has 0 heterocycles. The lowest BCUT2D eigenvalue weighted by molar-refractivity contribution is -0.113. The van der Waals surface area contributed by atoms with Gasteiger partial charge in [-0.2, -0.15) is 0 Å². The van der Waals surface area contributed by atoms with Gasteiger partial charge < -0.3 is 5.32 Å². The van der Waals surface area contributed by atoms with E-state index in [1.54, 1.807) is 11.8 Å². The van der Waals surface area contributed by atoms with Crippen molar-refractivity contribution in [3.63, 3.8) is 0 Å². The molecule has 1 amide bonds. The molecule has 0 spiro atoms. The van der Waals surface area contributed by atoms with E-state index in [1.807, 2.05) is 42.5 Å². The fourth-order valence-electron chi connectivity index (χ4n) is 1.60. The van der Waals surface area contributed by atoms with Crippen LogP contribution in [0.25, 0.3) is 0 Å². The van der Waals surface area contributed by atoms with Crippen LogP contribution in [0, 0.1) is 0 Å². The fraction of sp³-hybridized carbons (Fsp3) is 0.133. The van der Waals surface area contributed by atoms with E-state index >= 15 is 0 Å². The van der Waals surface area contributed by atoms with Crippen molar-refractivity contribution in [2.24, 2.45) is 0 Å². The van der Waals surface area contributed by atoms with E-state index in [-0.39, 0.29) is 5.91 Å². The second kappa shape index (κ2) is 7.36. The van der Waals surface area contributed by atoms with Crippen LogP contribution in [0.15, 0.2) is 59.1 Å². The third kappa shape index (κ3) is 5.09. The molecule has 0 aliphatic heterocycles. The van der Waals surface area contributed by atoms with Crippen LogP contribution in [-0.4, -0.2) is 11.7 Å². The molecule has 2 nitrogen and oxygen atoms in total. The Bertz CT molecular complexity index is 545. The lowest BCUT2D eigenvalue weighted by atomic mass is 10.2. The van der Waals surface area contributed by atoms with Crippen molar-refractivity contribution >= 4 is 39.3 Å². The second-order valence-electron chi connectivity index (χ2n) is 4.04. The molecular weight excluding hydrogens is 322 g/mol. The van der Waals surface area contributed by atoms with Crippen LogP contribution >= 0.6 is 27.7 Å². The minimum atomic E-state index is 0.0269. The van der Waals surface area contributed by atoms with Gasteiger partial charge >= 0.3 is 0 Å². The number of hydrogen-bond acceptors (Lipinski definition) is 2. The average molecular weight is 336 g/mol. The van der Waals surface area contributed by atoms with Crippen LogP contribution in [-0.2, 0) is 10.5 Å². The number of carbonyl (C=O) groups is 1. The Morgan fingerprint density at radius 3 is 2.63 bits per heavy atom. The second-order valence-corrected chi connectivity index (χ2v) is 5.94. The summed E-state index contributed by atoms with van der Waals surface area (Å²) in [5.74, 6) is 1.34. The summed E-state index contributed by atoms with van der Waals surface area (Å²) in [5.41, 5.74) is 2.06.